The highest BCUT2D eigenvalue weighted by molar-refractivity contribution is 7.89. The monoisotopic (exact) mass is 315 g/mol. The van der Waals surface area contributed by atoms with Crippen molar-refractivity contribution in [1.82, 2.24) is 4.31 Å². The summed E-state index contributed by atoms with van der Waals surface area (Å²) < 4.78 is 41.1. The van der Waals surface area contributed by atoms with Crippen molar-refractivity contribution in [2.75, 3.05) is 6.54 Å². The molecule has 1 aliphatic heterocycles. The van der Waals surface area contributed by atoms with Crippen molar-refractivity contribution in [2.45, 2.75) is 51.2 Å². The van der Waals surface area contributed by atoms with E-state index < -0.39 is 15.8 Å². The molecule has 118 valence electrons. The van der Waals surface area contributed by atoms with Crippen LogP contribution in [0.4, 0.5) is 4.39 Å². The van der Waals surface area contributed by atoms with Crippen LogP contribution in [0.3, 0.4) is 0 Å². The summed E-state index contributed by atoms with van der Waals surface area (Å²) in [6.45, 7) is 5.46. The van der Waals surface area contributed by atoms with Crippen LogP contribution in [0.15, 0.2) is 17.0 Å². The van der Waals surface area contributed by atoms with Crippen molar-refractivity contribution in [3.63, 3.8) is 0 Å². The van der Waals surface area contributed by atoms with Gasteiger partial charge in [0.15, 0.2) is 0 Å². The predicted molar refractivity (Wildman–Crippen MR) is 78.8 cm³/mol. The first-order valence-electron chi connectivity index (χ1n) is 7.20. The van der Waals surface area contributed by atoms with Crippen LogP contribution < -0.4 is 0 Å². The number of hydrogen-bond donors (Lipinski definition) is 1. The second-order valence-electron chi connectivity index (χ2n) is 5.83. The lowest BCUT2D eigenvalue weighted by Crippen LogP contribution is -2.46. The molecule has 1 fully saturated rings. The lowest BCUT2D eigenvalue weighted by molar-refractivity contribution is 0.202. The van der Waals surface area contributed by atoms with E-state index in [1.165, 1.54) is 23.4 Å². The number of hydrogen-bond acceptors (Lipinski definition) is 3. The van der Waals surface area contributed by atoms with Crippen LogP contribution in [-0.4, -0.2) is 30.4 Å². The lowest BCUT2D eigenvalue weighted by Gasteiger charge is -2.37. The molecular formula is C15H22FNO3S. The zero-order valence-corrected chi connectivity index (χ0v) is 13.5. The first-order chi connectivity index (χ1) is 9.78. The average Bonchev–Trinajstić information content (AvgIpc) is 2.44. The molecule has 0 bridgehead atoms. The number of aliphatic hydroxyl groups is 1. The summed E-state index contributed by atoms with van der Waals surface area (Å²) in [6, 6.07) is 2.44. The number of benzene rings is 1. The minimum atomic E-state index is -3.75. The molecule has 2 unspecified atom stereocenters. The molecule has 1 aromatic carbocycles. The van der Waals surface area contributed by atoms with Crippen LogP contribution in [0.25, 0.3) is 0 Å². The van der Waals surface area contributed by atoms with Crippen LogP contribution in [0.2, 0.25) is 0 Å². The Morgan fingerprint density at radius 2 is 2.05 bits per heavy atom. The Bertz CT molecular complexity index is 630. The highest BCUT2D eigenvalue weighted by Gasteiger charge is 2.35. The standard InChI is InChI=1S/C15H22FNO3S/c1-10-5-4-6-17(12(10)3)21(19,20)15-8-13(9-18)7-14(16)11(15)2/h7-8,10,12,18H,4-6,9H2,1-3H3. The normalized spacial score (nSPS) is 24.2. The van der Waals surface area contributed by atoms with Gasteiger partial charge < -0.3 is 5.11 Å². The number of nitrogens with zero attached hydrogens (tertiary/aromatic N) is 1. The van der Waals surface area contributed by atoms with Crippen molar-refractivity contribution >= 4 is 10.0 Å². The molecule has 1 aliphatic rings. The van der Waals surface area contributed by atoms with Crippen LogP contribution in [0, 0.1) is 18.7 Å². The Balaban J connectivity index is 2.51. The van der Waals surface area contributed by atoms with E-state index in [-0.39, 0.29) is 34.6 Å². The summed E-state index contributed by atoms with van der Waals surface area (Å²) in [7, 11) is -3.75. The van der Waals surface area contributed by atoms with Gasteiger partial charge in [0.1, 0.15) is 5.82 Å². The van der Waals surface area contributed by atoms with E-state index in [1.54, 1.807) is 0 Å². The second-order valence-corrected chi connectivity index (χ2v) is 7.69. The summed E-state index contributed by atoms with van der Waals surface area (Å²) >= 11 is 0. The molecule has 6 heteroatoms. The van der Waals surface area contributed by atoms with Crippen molar-refractivity contribution in [1.29, 1.82) is 0 Å². The van der Waals surface area contributed by atoms with Gasteiger partial charge in [0.05, 0.1) is 11.5 Å². The Morgan fingerprint density at radius 1 is 1.38 bits per heavy atom. The van der Waals surface area contributed by atoms with Gasteiger partial charge in [-0.1, -0.05) is 6.92 Å². The maximum atomic E-state index is 13.9. The molecule has 2 atom stereocenters. The summed E-state index contributed by atoms with van der Waals surface area (Å²) in [4.78, 5) is -0.0347. The molecule has 1 aromatic rings. The quantitative estimate of drug-likeness (QED) is 0.932. The van der Waals surface area contributed by atoms with Crippen molar-refractivity contribution in [3.05, 3.63) is 29.1 Å². The van der Waals surface area contributed by atoms with Crippen molar-refractivity contribution in [3.8, 4) is 0 Å². The number of aliphatic hydroxyl groups excluding tert-OH is 1. The third-order valence-electron chi connectivity index (χ3n) is 4.44. The van der Waals surface area contributed by atoms with Gasteiger partial charge in [-0.3, -0.25) is 0 Å². The number of halogens is 1. The summed E-state index contributed by atoms with van der Waals surface area (Å²) in [5.74, 6) is -0.322. The topological polar surface area (TPSA) is 57.6 Å². The molecule has 0 aliphatic carbocycles. The fourth-order valence-corrected chi connectivity index (χ4v) is 4.88. The highest BCUT2D eigenvalue weighted by Crippen LogP contribution is 2.31. The number of sulfonamides is 1. The van der Waals surface area contributed by atoms with E-state index in [9.17, 15) is 17.9 Å². The zero-order chi connectivity index (χ0) is 15.8. The molecule has 2 rings (SSSR count). The lowest BCUT2D eigenvalue weighted by atomic mass is 9.94. The first-order valence-corrected chi connectivity index (χ1v) is 8.64. The van der Waals surface area contributed by atoms with E-state index in [4.69, 9.17) is 0 Å². The van der Waals surface area contributed by atoms with Crippen LogP contribution >= 0.6 is 0 Å². The molecule has 0 amide bonds. The molecule has 0 aromatic heterocycles. The Labute approximate surface area is 125 Å². The molecule has 0 spiro atoms. The molecule has 1 N–H and O–H groups in total. The van der Waals surface area contributed by atoms with E-state index in [0.717, 1.165) is 12.8 Å². The molecule has 4 nitrogen and oxygen atoms in total. The second kappa shape index (κ2) is 6.02. The molecule has 0 saturated carbocycles. The van der Waals surface area contributed by atoms with E-state index in [2.05, 4.69) is 0 Å². The zero-order valence-electron chi connectivity index (χ0n) is 12.6. The van der Waals surface area contributed by atoms with Gasteiger partial charge in [-0.25, -0.2) is 12.8 Å². The largest absolute Gasteiger partial charge is 0.392 e. The average molecular weight is 315 g/mol. The van der Waals surface area contributed by atoms with Gasteiger partial charge in [0, 0.05) is 18.2 Å². The molecule has 21 heavy (non-hydrogen) atoms. The Hall–Kier alpha value is -0.980. The first kappa shape index (κ1) is 16.4. The van der Waals surface area contributed by atoms with E-state index in [0.29, 0.717) is 6.54 Å². The van der Waals surface area contributed by atoms with Gasteiger partial charge in [-0.2, -0.15) is 4.31 Å². The van der Waals surface area contributed by atoms with Crippen molar-refractivity contribution < 1.29 is 17.9 Å². The van der Waals surface area contributed by atoms with Crippen LogP contribution in [0.1, 0.15) is 37.8 Å². The third kappa shape index (κ3) is 2.98. The van der Waals surface area contributed by atoms with E-state index >= 15 is 0 Å². The molecular weight excluding hydrogens is 293 g/mol. The van der Waals surface area contributed by atoms with Crippen molar-refractivity contribution in [2.24, 2.45) is 5.92 Å². The number of rotatable bonds is 3. The summed E-state index contributed by atoms with van der Waals surface area (Å²) in [5, 5.41) is 9.17. The Morgan fingerprint density at radius 3 is 2.67 bits per heavy atom. The summed E-state index contributed by atoms with van der Waals surface area (Å²) in [5.41, 5.74) is 0.381. The maximum absolute atomic E-state index is 13.9. The Kier molecular flexibility index (Phi) is 4.70. The van der Waals surface area contributed by atoms with Gasteiger partial charge in [0.25, 0.3) is 0 Å². The fraction of sp³-hybridized carbons (Fsp3) is 0.600. The van der Waals surface area contributed by atoms with Crippen LogP contribution in [0.5, 0.6) is 0 Å². The van der Waals surface area contributed by atoms with Gasteiger partial charge in [-0.05, 0) is 50.3 Å². The maximum Gasteiger partial charge on any atom is 0.243 e. The minimum Gasteiger partial charge on any atom is -0.392 e. The fourth-order valence-electron chi connectivity index (χ4n) is 2.83. The van der Waals surface area contributed by atoms with E-state index in [1.807, 2.05) is 13.8 Å². The van der Waals surface area contributed by atoms with Gasteiger partial charge >= 0.3 is 0 Å². The molecule has 1 heterocycles. The van der Waals surface area contributed by atoms with Crippen LogP contribution in [-0.2, 0) is 16.6 Å². The third-order valence-corrected chi connectivity index (χ3v) is 6.55. The smallest absolute Gasteiger partial charge is 0.243 e. The molecule has 0 radical (unpaired) electrons. The SMILES string of the molecule is Cc1c(F)cc(CO)cc1S(=O)(=O)N1CCCC(C)C1C. The minimum absolute atomic E-state index is 0.0347. The van der Waals surface area contributed by atoms with Gasteiger partial charge in [0.2, 0.25) is 10.0 Å². The predicted octanol–water partition coefficient (Wildman–Crippen LogP) is 2.44. The highest BCUT2D eigenvalue weighted by atomic mass is 32.2. The summed E-state index contributed by atoms with van der Waals surface area (Å²) in [6.07, 6.45) is 1.81. The molecule has 1 saturated heterocycles. The van der Waals surface area contributed by atoms with Gasteiger partial charge in [-0.15, -0.1) is 0 Å². The number of piperidine rings is 1.